The molecule has 1 unspecified atom stereocenters. The maximum atomic E-state index is 12.4. The lowest BCUT2D eigenvalue weighted by molar-refractivity contribution is -0.136. The Hall–Kier alpha value is -1.78. The van der Waals surface area contributed by atoms with Crippen LogP contribution in [0, 0.1) is 0 Å². The van der Waals surface area contributed by atoms with Crippen LogP contribution in [0.5, 0.6) is 0 Å². The van der Waals surface area contributed by atoms with Crippen LogP contribution in [0.25, 0.3) is 0 Å². The van der Waals surface area contributed by atoms with Crippen molar-refractivity contribution in [3.05, 3.63) is 66.2 Å². The summed E-state index contributed by atoms with van der Waals surface area (Å²) in [6, 6.07) is 20.1. The van der Waals surface area contributed by atoms with E-state index < -0.39 is 0 Å². The molecule has 1 atom stereocenters. The summed E-state index contributed by atoms with van der Waals surface area (Å²) < 4.78 is 5.81. The summed E-state index contributed by atoms with van der Waals surface area (Å²) >= 11 is 1.59. The van der Waals surface area contributed by atoms with Gasteiger partial charge in [0.1, 0.15) is 6.10 Å². The number of ether oxygens (including phenoxy) is 1. The van der Waals surface area contributed by atoms with Gasteiger partial charge in [0.15, 0.2) is 0 Å². The van der Waals surface area contributed by atoms with E-state index in [0.29, 0.717) is 25.4 Å². The van der Waals surface area contributed by atoms with E-state index in [0.717, 1.165) is 10.5 Å². The minimum absolute atomic E-state index is 0.0133. The van der Waals surface area contributed by atoms with Gasteiger partial charge in [-0.2, -0.15) is 0 Å². The standard InChI is InChI=1S/C18H19NO2S/c20-18(14-22-16-9-5-2-6-10-16)19-11-12-21-17(13-19)15-7-3-1-4-8-15/h1-10,17H,11-14H2. The van der Waals surface area contributed by atoms with Gasteiger partial charge in [0.05, 0.1) is 18.9 Å². The van der Waals surface area contributed by atoms with Crippen LogP contribution in [0.2, 0.25) is 0 Å². The number of rotatable bonds is 4. The van der Waals surface area contributed by atoms with E-state index in [2.05, 4.69) is 12.1 Å². The first kappa shape index (κ1) is 15.1. The predicted octanol–water partition coefficient (Wildman–Crippen LogP) is 3.38. The molecular formula is C18H19NO2S. The average Bonchev–Trinajstić information content (AvgIpc) is 2.61. The van der Waals surface area contributed by atoms with Crippen molar-refractivity contribution in [2.45, 2.75) is 11.0 Å². The molecule has 0 bridgehead atoms. The molecule has 2 aromatic carbocycles. The Morgan fingerprint density at radius 2 is 1.77 bits per heavy atom. The summed E-state index contributed by atoms with van der Waals surface area (Å²) in [5.41, 5.74) is 1.13. The second-order valence-corrected chi connectivity index (χ2v) is 6.26. The van der Waals surface area contributed by atoms with Gasteiger partial charge >= 0.3 is 0 Å². The van der Waals surface area contributed by atoms with Gasteiger partial charge in [-0.25, -0.2) is 0 Å². The molecule has 1 aliphatic heterocycles. The van der Waals surface area contributed by atoms with E-state index in [9.17, 15) is 4.79 Å². The van der Waals surface area contributed by atoms with Crippen LogP contribution in [-0.2, 0) is 9.53 Å². The highest BCUT2D eigenvalue weighted by molar-refractivity contribution is 8.00. The zero-order valence-corrected chi connectivity index (χ0v) is 13.2. The molecule has 114 valence electrons. The highest BCUT2D eigenvalue weighted by Gasteiger charge is 2.25. The SMILES string of the molecule is O=C(CSc1ccccc1)N1CCOC(c2ccccc2)C1. The summed E-state index contributed by atoms with van der Waals surface area (Å²) in [5, 5.41) is 0. The zero-order valence-electron chi connectivity index (χ0n) is 12.4. The summed E-state index contributed by atoms with van der Waals surface area (Å²) in [6.45, 7) is 1.91. The van der Waals surface area contributed by atoms with Crippen LogP contribution in [0.4, 0.5) is 0 Å². The summed E-state index contributed by atoms with van der Waals surface area (Å²) in [4.78, 5) is 15.4. The van der Waals surface area contributed by atoms with Crippen molar-refractivity contribution in [1.29, 1.82) is 0 Å². The van der Waals surface area contributed by atoms with Crippen molar-refractivity contribution in [3.63, 3.8) is 0 Å². The van der Waals surface area contributed by atoms with Crippen molar-refractivity contribution in [1.82, 2.24) is 4.90 Å². The topological polar surface area (TPSA) is 29.5 Å². The van der Waals surface area contributed by atoms with Crippen LogP contribution in [-0.4, -0.2) is 36.3 Å². The molecular weight excluding hydrogens is 294 g/mol. The number of morpholine rings is 1. The van der Waals surface area contributed by atoms with Gasteiger partial charge < -0.3 is 9.64 Å². The minimum atomic E-state index is -0.0133. The summed E-state index contributed by atoms with van der Waals surface area (Å²) in [6.07, 6.45) is -0.0133. The normalized spacial score (nSPS) is 18.2. The number of amides is 1. The molecule has 1 aliphatic rings. The fraction of sp³-hybridized carbons (Fsp3) is 0.278. The zero-order chi connectivity index (χ0) is 15.2. The molecule has 0 aliphatic carbocycles. The average molecular weight is 313 g/mol. The molecule has 3 rings (SSSR count). The van der Waals surface area contributed by atoms with Crippen molar-refractivity contribution in [3.8, 4) is 0 Å². The Kier molecular flexibility index (Phi) is 5.14. The molecule has 0 radical (unpaired) electrons. The lowest BCUT2D eigenvalue weighted by atomic mass is 10.1. The second kappa shape index (κ2) is 7.47. The molecule has 0 N–H and O–H groups in total. The van der Waals surface area contributed by atoms with Gasteiger partial charge in [-0.3, -0.25) is 4.79 Å². The lowest BCUT2D eigenvalue weighted by Crippen LogP contribution is -2.43. The number of carbonyl (C=O) groups is 1. The Labute approximate surface area is 135 Å². The Morgan fingerprint density at radius 1 is 1.09 bits per heavy atom. The first-order valence-electron chi connectivity index (χ1n) is 7.45. The Bertz CT molecular complexity index is 603. The third-order valence-corrected chi connectivity index (χ3v) is 4.69. The number of benzene rings is 2. The number of thioether (sulfide) groups is 1. The van der Waals surface area contributed by atoms with E-state index in [1.165, 1.54) is 0 Å². The largest absolute Gasteiger partial charge is 0.370 e. The maximum absolute atomic E-state index is 12.4. The van der Waals surface area contributed by atoms with Crippen LogP contribution in [0.15, 0.2) is 65.6 Å². The second-order valence-electron chi connectivity index (χ2n) is 5.21. The monoisotopic (exact) mass is 313 g/mol. The smallest absolute Gasteiger partial charge is 0.233 e. The van der Waals surface area contributed by atoms with E-state index >= 15 is 0 Å². The Morgan fingerprint density at radius 3 is 2.50 bits per heavy atom. The van der Waals surface area contributed by atoms with Gasteiger partial charge in [-0.1, -0.05) is 48.5 Å². The molecule has 0 aromatic heterocycles. The van der Waals surface area contributed by atoms with Crippen molar-refractivity contribution >= 4 is 17.7 Å². The van der Waals surface area contributed by atoms with Crippen molar-refractivity contribution < 1.29 is 9.53 Å². The fourth-order valence-corrected chi connectivity index (χ4v) is 3.32. The third kappa shape index (κ3) is 3.90. The number of hydrogen-bond acceptors (Lipinski definition) is 3. The predicted molar refractivity (Wildman–Crippen MR) is 88.9 cm³/mol. The van der Waals surface area contributed by atoms with Crippen molar-refractivity contribution in [2.75, 3.05) is 25.4 Å². The Balaban J connectivity index is 1.56. The molecule has 1 heterocycles. The first-order valence-corrected chi connectivity index (χ1v) is 8.43. The summed E-state index contributed by atoms with van der Waals surface area (Å²) in [7, 11) is 0. The van der Waals surface area contributed by atoms with Crippen LogP contribution in [0.3, 0.4) is 0 Å². The molecule has 4 heteroatoms. The van der Waals surface area contributed by atoms with Gasteiger partial charge in [-0.15, -0.1) is 11.8 Å². The van der Waals surface area contributed by atoms with Gasteiger partial charge in [-0.05, 0) is 17.7 Å². The van der Waals surface area contributed by atoms with Gasteiger partial charge in [0.25, 0.3) is 0 Å². The van der Waals surface area contributed by atoms with Crippen LogP contribution in [0.1, 0.15) is 11.7 Å². The molecule has 0 spiro atoms. The van der Waals surface area contributed by atoms with Gasteiger partial charge in [0.2, 0.25) is 5.91 Å². The van der Waals surface area contributed by atoms with E-state index in [-0.39, 0.29) is 12.0 Å². The molecule has 1 amide bonds. The molecule has 0 saturated carbocycles. The van der Waals surface area contributed by atoms with Gasteiger partial charge in [0, 0.05) is 11.4 Å². The van der Waals surface area contributed by atoms with Crippen molar-refractivity contribution in [2.24, 2.45) is 0 Å². The quantitative estimate of drug-likeness (QED) is 0.811. The lowest BCUT2D eigenvalue weighted by Gasteiger charge is -2.33. The third-order valence-electron chi connectivity index (χ3n) is 3.70. The number of hydrogen-bond donors (Lipinski definition) is 0. The molecule has 22 heavy (non-hydrogen) atoms. The molecule has 1 saturated heterocycles. The highest BCUT2D eigenvalue weighted by atomic mass is 32.2. The maximum Gasteiger partial charge on any atom is 0.233 e. The molecule has 3 nitrogen and oxygen atoms in total. The highest BCUT2D eigenvalue weighted by Crippen LogP contribution is 2.23. The number of nitrogens with zero attached hydrogens (tertiary/aromatic N) is 1. The molecule has 2 aromatic rings. The van der Waals surface area contributed by atoms with E-state index in [1.807, 2.05) is 53.4 Å². The van der Waals surface area contributed by atoms with E-state index in [1.54, 1.807) is 11.8 Å². The minimum Gasteiger partial charge on any atom is -0.370 e. The number of carbonyl (C=O) groups excluding carboxylic acids is 1. The first-order chi connectivity index (χ1) is 10.8. The van der Waals surface area contributed by atoms with Crippen LogP contribution < -0.4 is 0 Å². The fourth-order valence-electron chi connectivity index (χ4n) is 2.50. The molecule has 1 fully saturated rings. The summed E-state index contributed by atoms with van der Waals surface area (Å²) in [5.74, 6) is 0.656. The van der Waals surface area contributed by atoms with Crippen LogP contribution >= 0.6 is 11.8 Å². The van der Waals surface area contributed by atoms with E-state index in [4.69, 9.17) is 4.74 Å².